The number of aromatic hydroxyl groups is 1. The second kappa shape index (κ2) is 6.43. The number of H-pyrrole nitrogens is 1. The molecule has 4 rings (SSSR count). The highest BCUT2D eigenvalue weighted by atomic mass is 35.5. The number of nitrogens with two attached hydrogens (primary N) is 1. The number of thiophene rings is 1. The van der Waals surface area contributed by atoms with Crippen molar-refractivity contribution in [1.29, 1.82) is 0 Å². The molecule has 0 saturated carbocycles. The van der Waals surface area contributed by atoms with Gasteiger partial charge in [-0.25, -0.2) is 0 Å². The van der Waals surface area contributed by atoms with Crippen LogP contribution in [-0.4, -0.2) is 16.6 Å². The van der Waals surface area contributed by atoms with Crippen LogP contribution in [0.2, 0.25) is 5.02 Å². The first-order valence-corrected chi connectivity index (χ1v) is 9.52. The third-order valence-corrected chi connectivity index (χ3v) is 5.97. The molecule has 4 N–H and O–H groups in total. The van der Waals surface area contributed by atoms with Gasteiger partial charge in [0.15, 0.2) is 0 Å². The van der Waals surface area contributed by atoms with Crippen LogP contribution in [0.25, 0.3) is 32.1 Å². The SMILES string of the molecule is C[C@@H](CN)c1ccc(-c2c(O)cc(Cl)c3[nH]c(=O)c4sccc4c23)cc1. The number of aromatic nitrogens is 1. The molecule has 132 valence electrons. The minimum absolute atomic E-state index is 0.0849. The summed E-state index contributed by atoms with van der Waals surface area (Å²) in [6.07, 6.45) is 0. The highest BCUT2D eigenvalue weighted by Crippen LogP contribution is 2.42. The van der Waals surface area contributed by atoms with Crippen molar-refractivity contribution in [3.8, 4) is 16.9 Å². The van der Waals surface area contributed by atoms with E-state index in [4.69, 9.17) is 17.3 Å². The van der Waals surface area contributed by atoms with Crippen molar-refractivity contribution in [2.75, 3.05) is 6.54 Å². The van der Waals surface area contributed by atoms with E-state index >= 15 is 0 Å². The number of hydrogen-bond acceptors (Lipinski definition) is 4. The van der Waals surface area contributed by atoms with Gasteiger partial charge in [0.05, 0.1) is 10.5 Å². The van der Waals surface area contributed by atoms with Crippen LogP contribution in [0, 0.1) is 0 Å². The molecule has 0 spiro atoms. The van der Waals surface area contributed by atoms with Crippen molar-refractivity contribution < 1.29 is 5.11 Å². The zero-order chi connectivity index (χ0) is 18.4. The van der Waals surface area contributed by atoms with Crippen LogP contribution in [-0.2, 0) is 0 Å². The summed E-state index contributed by atoms with van der Waals surface area (Å²) < 4.78 is 0.619. The third kappa shape index (κ3) is 2.60. The first-order valence-electron chi connectivity index (χ1n) is 8.26. The summed E-state index contributed by atoms with van der Waals surface area (Å²) >= 11 is 7.68. The summed E-state index contributed by atoms with van der Waals surface area (Å²) in [5.74, 6) is 0.348. The molecule has 1 atom stereocenters. The van der Waals surface area contributed by atoms with Crippen molar-refractivity contribution in [3.05, 3.63) is 62.7 Å². The number of halogens is 1. The molecule has 0 unspecified atom stereocenters. The molecule has 4 aromatic rings. The van der Waals surface area contributed by atoms with Gasteiger partial charge in [0, 0.05) is 22.4 Å². The summed E-state index contributed by atoms with van der Waals surface area (Å²) in [4.78, 5) is 15.2. The Morgan fingerprint density at radius 1 is 1.27 bits per heavy atom. The fourth-order valence-electron chi connectivity index (χ4n) is 3.29. The van der Waals surface area contributed by atoms with E-state index in [1.807, 2.05) is 35.7 Å². The average Bonchev–Trinajstić information content (AvgIpc) is 3.13. The predicted molar refractivity (Wildman–Crippen MR) is 110 cm³/mol. The molecular formula is C20H17ClN2O2S. The van der Waals surface area contributed by atoms with Crippen LogP contribution in [0.5, 0.6) is 5.75 Å². The van der Waals surface area contributed by atoms with Crippen molar-refractivity contribution >= 4 is 43.9 Å². The second-order valence-electron chi connectivity index (χ2n) is 6.38. The molecule has 4 nitrogen and oxygen atoms in total. The Bertz CT molecular complexity index is 1180. The minimum Gasteiger partial charge on any atom is -0.507 e. The zero-order valence-electron chi connectivity index (χ0n) is 14.0. The number of nitrogens with one attached hydrogen (secondary N) is 1. The van der Waals surface area contributed by atoms with Gasteiger partial charge >= 0.3 is 0 Å². The zero-order valence-corrected chi connectivity index (χ0v) is 15.6. The van der Waals surface area contributed by atoms with Crippen LogP contribution in [0.1, 0.15) is 18.4 Å². The largest absolute Gasteiger partial charge is 0.507 e. The minimum atomic E-state index is -0.173. The maximum absolute atomic E-state index is 12.3. The standard InChI is InChI=1S/C20H17ClN2O2S/c1-10(9-22)11-2-4-12(5-3-11)16-15(24)8-14(21)18-17(16)13-6-7-26-19(13)20(25)23-18/h2-8,10,24H,9,22H2,1H3,(H,23,25)/t10-/m0/s1. The molecule has 2 aromatic heterocycles. The number of rotatable bonds is 3. The molecule has 2 heterocycles. The van der Waals surface area contributed by atoms with Gasteiger partial charge in [-0.1, -0.05) is 42.8 Å². The number of benzene rings is 2. The summed E-state index contributed by atoms with van der Waals surface area (Å²) in [5.41, 5.74) is 8.77. The van der Waals surface area contributed by atoms with Gasteiger partial charge in [-0.15, -0.1) is 11.3 Å². The lowest BCUT2D eigenvalue weighted by Crippen LogP contribution is -2.08. The Hall–Kier alpha value is -2.34. The normalized spacial score (nSPS) is 12.7. The van der Waals surface area contributed by atoms with Crippen LogP contribution in [0.4, 0.5) is 0 Å². The molecule has 0 radical (unpaired) electrons. The van der Waals surface area contributed by atoms with E-state index in [2.05, 4.69) is 11.9 Å². The van der Waals surface area contributed by atoms with Crippen molar-refractivity contribution in [3.63, 3.8) is 0 Å². The molecule has 0 amide bonds. The predicted octanol–water partition coefficient (Wildman–Crippen LogP) is 4.83. The van der Waals surface area contributed by atoms with Crippen LogP contribution in [0.15, 0.2) is 46.6 Å². The van der Waals surface area contributed by atoms with Gasteiger partial charge < -0.3 is 15.8 Å². The van der Waals surface area contributed by atoms with Crippen molar-refractivity contribution in [1.82, 2.24) is 4.98 Å². The molecular weight excluding hydrogens is 368 g/mol. The first-order chi connectivity index (χ1) is 12.5. The quantitative estimate of drug-likeness (QED) is 0.473. The number of pyridine rings is 1. The lowest BCUT2D eigenvalue weighted by molar-refractivity contribution is 0.478. The fourth-order valence-corrected chi connectivity index (χ4v) is 4.33. The highest BCUT2D eigenvalue weighted by Gasteiger charge is 2.18. The second-order valence-corrected chi connectivity index (χ2v) is 7.70. The van der Waals surface area contributed by atoms with Crippen molar-refractivity contribution in [2.45, 2.75) is 12.8 Å². The Morgan fingerprint density at radius 3 is 2.69 bits per heavy atom. The Morgan fingerprint density at radius 2 is 2.00 bits per heavy atom. The lowest BCUT2D eigenvalue weighted by Gasteiger charge is -2.14. The molecule has 0 bridgehead atoms. The van der Waals surface area contributed by atoms with Crippen LogP contribution < -0.4 is 11.3 Å². The van der Waals surface area contributed by atoms with Gasteiger partial charge in [-0.2, -0.15) is 0 Å². The number of hydrogen-bond donors (Lipinski definition) is 3. The van der Waals surface area contributed by atoms with Gasteiger partial charge in [-0.3, -0.25) is 4.79 Å². The molecule has 0 aliphatic rings. The summed E-state index contributed by atoms with van der Waals surface area (Å²) in [6.45, 7) is 2.65. The molecule has 6 heteroatoms. The summed E-state index contributed by atoms with van der Waals surface area (Å²) in [7, 11) is 0. The monoisotopic (exact) mass is 384 g/mol. The molecule has 0 aliphatic heterocycles. The Balaban J connectivity index is 2.06. The van der Waals surface area contributed by atoms with Gasteiger partial charge in [0.1, 0.15) is 10.4 Å². The number of aromatic amines is 1. The van der Waals surface area contributed by atoms with E-state index in [-0.39, 0.29) is 17.2 Å². The van der Waals surface area contributed by atoms with E-state index < -0.39 is 0 Å². The Kier molecular flexibility index (Phi) is 4.23. The van der Waals surface area contributed by atoms with Gasteiger partial charge in [-0.05, 0) is 35.0 Å². The molecule has 0 saturated heterocycles. The number of phenols is 1. The van der Waals surface area contributed by atoms with Gasteiger partial charge in [0.2, 0.25) is 0 Å². The third-order valence-electron chi connectivity index (χ3n) is 4.76. The molecule has 2 aromatic carbocycles. The fraction of sp³-hybridized carbons (Fsp3) is 0.150. The molecule has 26 heavy (non-hydrogen) atoms. The maximum atomic E-state index is 12.3. The van der Waals surface area contributed by atoms with Crippen LogP contribution >= 0.6 is 22.9 Å². The summed E-state index contributed by atoms with van der Waals surface area (Å²) in [6, 6.07) is 11.3. The van der Waals surface area contributed by atoms with Crippen molar-refractivity contribution in [2.24, 2.45) is 5.73 Å². The number of phenolic OH excluding ortho intramolecular Hbond substituents is 1. The van der Waals surface area contributed by atoms with E-state index in [9.17, 15) is 9.90 Å². The topological polar surface area (TPSA) is 79.1 Å². The molecule has 0 aliphatic carbocycles. The highest BCUT2D eigenvalue weighted by molar-refractivity contribution is 7.17. The van der Waals surface area contributed by atoms with Gasteiger partial charge in [0.25, 0.3) is 5.56 Å². The number of fused-ring (bicyclic) bond motifs is 3. The van der Waals surface area contributed by atoms with E-state index in [1.54, 1.807) is 0 Å². The Labute approximate surface area is 158 Å². The van der Waals surface area contributed by atoms with E-state index in [0.29, 0.717) is 27.3 Å². The maximum Gasteiger partial charge on any atom is 0.266 e. The summed E-state index contributed by atoms with van der Waals surface area (Å²) in [5, 5.41) is 14.4. The average molecular weight is 385 g/mol. The lowest BCUT2D eigenvalue weighted by atomic mass is 9.94. The smallest absolute Gasteiger partial charge is 0.266 e. The van der Waals surface area contributed by atoms with E-state index in [1.165, 1.54) is 17.4 Å². The van der Waals surface area contributed by atoms with E-state index in [0.717, 1.165) is 21.9 Å². The molecule has 0 fully saturated rings. The van der Waals surface area contributed by atoms with Crippen LogP contribution in [0.3, 0.4) is 0 Å². The first kappa shape index (κ1) is 17.1.